The van der Waals surface area contributed by atoms with Crippen molar-refractivity contribution in [2.24, 2.45) is 11.3 Å². The van der Waals surface area contributed by atoms with E-state index in [4.69, 9.17) is 0 Å². The van der Waals surface area contributed by atoms with E-state index in [2.05, 4.69) is 5.32 Å². The van der Waals surface area contributed by atoms with Gasteiger partial charge in [-0.2, -0.15) is 13.2 Å². The third kappa shape index (κ3) is 5.33. The maximum atomic E-state index is 13.1. The Morgan fingerprint density at radius 2 is 1.72 bits per heavy atom. The standard InChI is InChI=1S/C17H28F3N3O2/c1-12(24)23-8-4-13(5-9-23)21-15(25)10-22-7-6-14(17(18,19)20)16(2,3)11-22/h13-14H,4-11H2,1-3H3,(H,21,25)/t14-/m0/s1. The molecule has 2 rings (SSSR count). The fraction of sp³-hybridized carbons (Fsp3) is 0.882. The van der Waals surface area contributed by atoms with E-state index in [1.165, 1.54) is 6.92 Å². The van der Waals surface area contributed by atoms with Crippen molar-refractivity contribution in [2.45, 2.75) is 52.3 Å². The van der Waals surface area contributed by atoms with Gasteiger partial charge in [-0.05, 0) is 31.2 Å². The van der Waals surface area contributed by atoms with Crippen LogP contribution in [-0.2, 0) is 9.59 Å². The molecule has 1 N–H and O–H groups in total. The number of nitrogens with zero attached hydrogens (tertiary/aromatic N) is 2. The number of nitrogens with one attached hydrogen (secondary N) is 1. The van der Waals surface area contributed by atoms with Gasteiger partial charge in [-0.1, -0.05) is 13.8 Å². The number of carbonyl (C=O) groups is 2. The first-order chi connectivity index (χ1) is 11.5. The van der Waals surface area contributed by atoms with Gasteiger partial charge in [0.05, 0.1) is 12.5 Å². The number of likely N-dealkylation sites (tertiary alicyclic amines) is 2. The normalized spacial score (nSPS) is 25.7. The van der Waals surface area contributed by atoms with E-state index in [9.17, 15) is 22.8 Å². The molecule has 2 amide bonds. The summed E-state index contributed by atoms with van der Waals surface area (Å²) in [6.45, 7) is 6.69. The Bertz CT molecular complexity index is 500. The van der Waals surface area contributed by atoms with Crippen molar-refractivity contribution in [3.05, 3.63) is 0 Å². The molecule has 2 fully saturated rings. The number of alkyl halides is 3. The third-order valence-electron chi connectivity index (χ3n) is 5.38. The first-order valence-electron chi connectivity index (χ1n) is 8.83. The summed E-state index contributed by atoms with van der Waals surface area (Å²) in [5.74, 6) is -1.43. The molecular weight excluding hydrogens is 335 g/mol. The Morgan fingerprint density at radius 1 is 1.12 bits per heavy atom. The van der Waals surface area contributed by atoms with Gasteiger partial charge in [-0.3, -0.25) is 14.5 Å². The number of hydrogen-bond acceptors (Lipinski definition) is 3. The average molecular weight is 363 g/mol. The van der Waals surface area contributed by atoms with Crippen LogP contribution < -0.4 is 5.32 Å². The molecule has 1 atom stereocenters. The van der Waals surface area contributed by atoms with Crippen LogP contribution in [0.1, 0.15) is 40.0 Å². The average Bonchev–Trinajstić information content (AvgIpc) is 2.45. The van der Waals surface area contributed by atoms with Gasteiger partial charge < -0.3 is 10.2 Å². The minimum atomic E-state index is -4.19. The van der Waals surface area contributed by atoms with Crippen LogP contribution in [-0.4, -0.2) is 66.6 Å². The van der Waals surface area contributed by atoms with Crippen LogP contribution in [0.15, 0.2) is 0 Å². The first-order valence-corrected chi connectivity index (χ1v) is 8.83. The largest absolute Gasteiger partial charge is 0.392 e. The van der Waals surface area contributed by atoms with Gasteiger partial charge in [0.1, 0.15) is 0 Å². The lowest BCUT2D eigenvalue weighted by atomic mass is 9.73. The Labute approximate surface area is 146 Å². The van der Waals surface area contributed by atoms with Crippen molar-refractivity contribution in [1.82, 2.24) is 15.1 Å². The molecule has 0 aromatic rings. The van der Waals surface area contributed by atoms with Gasteiger partial charge in [0.15, 0.2) is 0 Å². The number of rotatable bonds is 3. The first kappa shape index (κ1) is 20.0. The van der Waals surface area contributed by atoms with Gasteiger partial charge in [-0.15, -0.1) is 0 Å². The summed E-state index contributed by atoms with van der Waals surface area (Å²) in [7, 11) is 0. The van der Waals surface area contributed by atoms with Crippen molar-refractivity contribution < 1.29 is 22.8 Å². The second-order valence-corrected chi connectivity index (χ2v) is 7.93. The van der Waals surface area contributed by atoms with Crippen molar-refractivity contribution in [1.29, 1.82) is 0 Å². The number of hydrogen-bond donors (Lipinski definition) is 1. The molecule has 0 aromatic carbocycles. The van der Waals surface area contributed by atoms with Crippen molar-refractivity contribution in [2.75, 3.05) is 32.7 Å². The Morgan fingerprint density at radius 3 is 2.20 bits per heavy atom. The van der Waals surface area contributed by atoms with Gasteiger partial charge in [0.2, 0.25) is 11.8 Å². The zero-order valence-corrected chi connectivity index (χ0v) is 15.2. The quantitative estimate of drug-likeness (QED) is 0.835. The lowest BCUT2D eigenvalue weighted by Crippen LogP contribution is -2.54. The van der Waals surface area contributed by atoms with Crippen LogP contribution in [0.3, 0.4) is 0 Å². The minimum Gasteiger partial charge on any atom is -0.352 e. The molecule has 0 aromatic heterocycles. The maximum Gasteiger partial charge on any atom is 0.392 e. The highest BCUT2D eigenvalue weighted by molar-refractivity contribution is 5.78. The molecule has 25 heavy (non-hydrogen) atoms. The van der Waals surface area contributed by atoms with Crippen LogP contribution in [0.2, 0.25) is 0 Å². The van der Waals surface area contributed by atoms with Crippen LogP contribution in [0.25, 0.3) is 0 Å². The summed E-state index contributed by atoms with van der Waals surface area (Å²) in [5.41, 5.74) is -0.899. The van der Waals surface area contributed by atoms with Gasteiger partial charge in [0.25, 0.3) is 0 Å². The summed E-state index contributed by atoms with van der Waals surface area (Å²) in [4.78, 5) is 27.1. The van der Waals surface area contributed by atoms with E-state index in [1.807, 2.05) is 4.90 Å². The molecule has 5 nitrogen and oxygen atoms in total. The zero-order valence-electron chi connectivity index (χ0n) is 15.2. The second-order valence-electron chi connectivity index (χ2n) is 7.93. The van der Waals surface area contributed by atoms with Crippen molar-refractivity contribution >= 4 is 11.8 Å². The highest BCUT2D eigenvalue weighted by atomic mass is 19.4. The number of halogens is 3. The SMILES string of the molecule is CC(=O)N1CCC(NC(=O)CN2CC[C@H](C(F)(F)F)C(C)(C)C2)CC1. The molecule has 0 aliphatic carbocycles. The summed E-state index contributed by atoms with van der Waals surface area (Å²) in [5, 5.41) is 2.95. The fourth-order valence-corrected chi connectivity index (χ4v) is 4.02. The van der Waals surface area contributed by atoms with E-state index >= 15 is 0 Å². The highest BCUT2D eigenvalue weighted by Gasteiger charge is 2.51. The molecule has 144 valence electrons. The lowest BCUT2D eigenvalue weighted by molar-refractivity contribution is -0.216. The maximum absolute atomic E-state index is 13.1. The Balaban J connectivity index is 1.79. The van der Waals surface area contributed by atoms with E-state index < -0.39 is 17.5 Å². The molecule has 0 spiro atoms. The van der Waals surface area contributed by atoms with Gasteiger partial charge in [-0.25, -0.2) is 0 Å². The molecule has 2 aliphatic heterocycles. The van der Waals surface area contributed by atoms with E-state index in [1.54, 1.807) is 18.7 Å². The molecular formula is C17H28F3N3O2. The fourth-order valence-electron chi connectivity index (χ4n) is 4.02. The van der Waals surface area contributed by atoms with Crippen LogP contribution in [0, 0.1) is 11.3 Å². The third-order valence-corrected chi connectivity index (χ3v) is 5.38. The predicted octanol–water partition coefficient (Wildman–Crippen LogP) is 2.02. The molecule has 0 radical (unpaired) electrons. The summed E-state index contributed by atoms with van der Waals surface area (Å²) >= 11 is 0. The minimum absolute atomic E-state index is 0.0286. The van der Waals surface area contributed by atoms with E-state index in [0.29, 0.717) is 25.9 Å². The van der Waals surface area contributed by atoms with Crippen LogP contribution >= 0.6 is 0 Å². The Kier molecular flexibility index (Phi) is 6.01. The molecule has 0 bridgehead atoms. The molecule has 0 saturated carbocycles. The molecule has 2 saturated heterocycles. The van der Waals surface area contributed by atoms with Gasteiger partial charge >= 0.3 is 6.18 Å². The smallest absolute Gasteiger partial charge is 0.352 e. The van der Waals surface area contributed by atoms with Crippen molar-refractivity contribution in [3.8, 4) is 0 Å². The number of piperidine rings is 2. The van der Waals surface area contributed by atoms with Crippen LogP contribution in [0.4, 0.5) is 13.2 Å². The van der Waals surface area contributed by atoms with Gasteiger partial charge in [0, 0.05) is 32.6 Å². The molecule has 2 aliphatic rings. The topological polar surface area (TPSA) is 52.7 Å². The van der Waals surface area contributed by atoms with Crippen LogP contribution in [0.5, 0.6) is 0 Å². The molecule has 2 heterocycles. The Hall–Kier alpha value is -1.31. The second kappa shape index (κ2) is 7.51. The summed E-state index contributed by atoms with van der Waals surface area (Å²) in [6.07, 6.45) is -2.73. The lowest BCUT2D eigenvalue weighted by Gasteiger charge is -2.44. The number of amides is 2. The van der Waals surface area contributed by atoms with E-state index in [-0.39, 0.29) is 43.9 Å². The predicted molar refractivity (Wildman–Crippen MR) is 87.8 cm³/mol. The van der Waals surface area contributed by atoms with E-state index in [0.717, 1.165) is 0 Å². The molecule has 0 unspecified atom stereocenters. The summed E-state index contributed by atoms with van der Waals surface area (Å²) < 4.78 is 39.3. The highest BCUT2D eigenvalue weighted by Crippen LogP contribution is 2.44. The monoisotopic (exact) mass is 363 g/mol. The number of carbonyl (C=O) groups excluding carboxylic acids is 2. The zero-order chi connectivity index (χ0) is 18.8. The van der Waals surface area contributed by atoms with Crippen molar-refractivity contribution in [3.63, 3.8) is 0 Å². The molecule has 8 heteroatoms. The summed E-state index contributed by atoms with van der Waals surface area (Å²) in [6, 6.07) is 0.0313.